The summed E-state index contributed by atoms with van der Waals surface area (Å²) in [5.74, 6) is 1.80. The Bertz CT molecular complexity index is 643. The number of rotatable bonds is 5. The van der Waals surface area contributed by atoms with Crippen molar-refractivity contribution in [3.63, 3.8) is 0 Å². The van der Waals surface area contributed by atoms with E-state index in [-0.39, 0.29) is 11.8 Å². The van der Waals surface area contributed by atoms with Crippen molar-refractivity contribution in [2.75, 3.05) is 12.4 Å². The van der Waals surface area contributed by atoms with Gasteiger partial charge in [0.15, 0.2) is 0 Å². The summed E-state index contributed by atoms with van der Waals surface area (Å²) in [6.45, 7) is 0. The van der Waals surface area contributed by atoms with E-state index in [4.69, 9.17) is 4.74 Å². The van der Waals surface area contributed by atoms with Gasteiger partial charge in [-0.15, -0.1) is 0 Å². The van der Waals surface area contributed by atoms with E-state index in [0.29, 0.717) is 5.92 Å². The van der Waals surface area contributed by atoms with Gasteiger partial charge in [-0.2, -0.15) is 0 Å². The van der Waals surface area contributed by atoms with E-state index in [0.717, 1.165) is 43.5 Å². The summed E-state index contributed by atoms with van der Waals surface area (Å²) < 4.78 is 5.14. The van der Waals surface area contributed by atoms with Crippen molar-refractivity contribution in [3.8, 4) is 5.75 Å². The quantitative estimate of drug-likeness (QED) is 0.867. The van der Waals surface area contributed by atoms with Gasteiger partial charge in [-0.1, -0.05) is 30.3 Å². The summed E-state index contributed by atoms with van der Waals surface area (Å²) in [6, 6.07) is 18.2. The van der Waals surface area contributed by atoms with Gasteiger partial charge in [-0.25, -0.2) is 0 Å². The maximum Gasteiger partial charge on any atom is 0.227 e. The van der Waals surface area contributed by atoms with E-state index in [1.54, 1.807) is 7.11 Å². The van der Waals surface area contributed by atoms with Crippen LogP contribution in [-0.4, -0.2) is 13.0 Å². The molecule has 3 heteroatoms. The van der Waals surface area contributed by atoms with Gasteiger partial charge < -0.3 is 10.1 Å². The largest absolute Gasteiger partial charge is 0.497 e. The second-order valence-corrected chi connectivity index (χ2v) is 6.63. The number of ether oxygens (including phenoxy) is 1. The van der Waals surface area contributed by atoms with Crippen LogP contribution >= 0.6 is 0 Å². The van der Waals surface area contributed by atoms with Crippen LogP contribution < -0.4 is 10.1 Å². The van der Waals surface area contributed by atoms with Crippen molar-refractivity contribution in [3.05, 3.63) is 60.2 Å². The van der Waals surface area contributed by atoms with Crippen molar-refractivity contribution in [2.24, 2.45) is 11.8 Å². The lowest BCUT2D eigenvalue weighted by Gasteiger charge is -2.27. The molecule has 126 valence electrons. The SMILES string of the molecule is COc1ccc(NC(=O)[C@H]2CC[C@H](Cc3ccccc3)CC2)cc1. The first-order chi connectivity index (χ1) is 11.7. The lowest BCUT2D eigenvalue weighted by atomic mass is 9.79. The Morgan fingerprint density at radius 3 is 2.29 bits per heavy atom. The maximum absolute atomic E-state index is 12.4. The van der Waals surface area contributed by atoms with Crippen LogP contribution in [0, 0.1) is 11.8 Å². The first kappa shape index (κ1) is 16.6. The smallest absolute Gasteiger partial charge is 0.227 e. The predicted octanol–water partition coefficient (Wildman–Crippen LogP) is 4.68. The molecule has 0 atom stereocenters. The zero-order valence-corrected chi connectivity index (χ0v) is 14.2. The fraction of sp³-hybridized carbons (Fsp3) is 0.381. The highest BCUT2D eigenvalue weighted by Crippen LogP contribution is 2.32. The molecule has 0 unspecified atom stereocenters. The molecule has 0 saturated heterocycles. The molecule has 0 bridgehead atoms. The predicted molar refractivity (Wildman–Crippen MR) is 97.2 cm³/mol. The van der Waals surface area contributed by atoms with Gasteiger partial charge in [0, 0.05) is 11.6 Å². The van der Waals surface area contributed by atoms with Crippen molar-refractivity contribution in [2.45, 2.75) is 32.1 Å². The average molecular weight is 323 g/mol. The molecular formula is C21H25NO2. The molecule has 3 nitrogen and oxygen atoms in total. The Kier molecular flexibility index (Phi) is 5.52. The van der Waals surface area contributed by atoms with Gasteiger partial charge >= 0.3 is 0 Å². The van der Waals surface area contributed by atoms with Crippen LogP contribution in [0.1, 0.15) is 31.2 Å². The second kappa shape index (κ2) is 8.00. The zero-order valence-electron chi connectivity index (χ0n) is 14.2. The minimum Gasteiger partial charge on any atom is -0.497 e. The number of anilines is 1. The summed E-state index contributed by atoms with van der Waals surface area (Å²) in [5.41, 5.74) is 2.25. The van der Waals surface area contributed by atoms with Crippen LogP contribution in [0.5, 0.6) is 5.75 Å². The number of carbonyl (C=O) groups excluding carboxylic acids is 1. The molecule has 1 aliphatic carbocycles. The molecule has 0 aromatic heterocycles. The van der Waals surface area contributed by atoms with Gasteiger partial charge in [0.1, 0.15) is 5.75 Å². The highest BCUT2D eigenvalue weighted by molar-refractivity contribution is 5.92. The molecule has 2 aromatic carbocycles. The van der Waals surface area contributed by atoms with E-state index >= 15 is 0 Å². The Morgan fingerprint density at radius 2 is 1.67 bits per heavy atom. The summed E-state index contributed by atoms with van der Waals surface area (Å²) in [4.78, 5) is 12.4. The van der Waals surface area contributed by atoms with Crippen LogP contribution in [0.25, 0.3) is 0 Å². The molecular weight excluding hydrogens is 298 g/mol. The molecule has 1 saturated carbocycles. The third-order valence-corrected chi connectivity index (χ3v) is 4.94. The maximum atomic E-state index is 12.4. The third kappa shape index (κ3) is 4.38. The number of hydrogen-bond donors (Lipinski definition) is 1. The Hall–Kier alpha value is -2.29. The van der Waals surface area contributed by atoms with Crippen LogP contribution in [-0.2, 0) is 11.2 Å². The van der Waals surface area contributed by atoms with E-state index in [1.165, 1.54) is 5.56 Å². The highest BCUT2D eigenvalue weighted by atomic mass is 16.5. The Morgan fingerprint density at radius 1 is 1.00 bits per heavy atom. The first-order valence-electron chi connectivity index (χ1n) is 8.73. The molecule has 1 N–H and O–H groups in total. The van der Waals surface area contributed by atoms with E-state index in [1.807, 2.05) is 24.3 Å². The Balaban J connectivity index is 1.47. The van der Waals surface area contributed by atoms with Crippen LogP contribution in [0.3, 0.4) is 0 Å². The number of hydrogen-bond acceptors (Lipinski definition) is 2. The van der Waals surface area contributed by atoms with Crippen molar-refractivity contribution in [1.82, 2.24) is 0 Å². The Labute approximate surface area is 144 Å². The molecule has 3 rings (SSSR count). The van der Waals surface area contributed by atoms with Gasteiger partial charge in [-0.3, -0.25) is 4.79 Å². The third-order valence-electron chi connectivity index (χ3n) is 4.94. The summed E-state index contributed by atoms with van der Waals surface area (Å²) >= 11 is 0. The standard InChI is InChI=1S/C21H25NO2/c1-24-20-13-11-19(12-14-20)22-21(23)18-9-7-17(8-10-18)15-16-5-3-2-4-6-16/h2-6,11-14,17-18H,7-10,15H2,1H3,(H,22,23)/t17-,18-. The summed E-state index contributed by atoms with van der Waals surface area (Å²) in [5, 5.41) is 3.03. The number of nitrogens with one attached hydrogen (secondary N) is 1. The zero-order chi connectivity index (χ0) is 16.8. The average Bonchev–Trinajstić information content (AvgIpc) is 2.64. The fourth-order valence-corrected chi connectivity index (χ4v) is 3.49. The second-order valence-electron chi connectivity index (χ2n) is 6.63. The lowest BCUT2D eigenvalue weighted by Crippen LogP contribution is -2.27. The molecule has 24 heavy (non-hydrogen) atoms. The molecule has 0 heterocycles. The molecule has 1 fully saturated rings. The number of benzene rings is 2. The normalized spacial score (nSPS) is 20.4. The van der Waals surface area contributed by atoms with Crippen molar-refractivity contribution >= 4 is 11.6 Å². The summed E-state index contributed by atoms with van der Waals surface area (Å²) in [6.07, 6.45) is 5.37. The van der Waals surface area contributed by atoms with Crippen molar-refractivity contribution in [1.29, 1.82) is 0 Å². The van der Waals surface area contributed by atoms with Crippen molar-refractivity contribution < 1.29 is 9.53 Å². The minimum atomic E-state index is 0.138. The summed E-state index contributed by atoms with van der Waals surface area (Å²) in [7, 11) is 1.64. The van der Waals surface area contributed by atoms with E-state index in [9.17, 15) is 4.79 Å². The van der Waals surface area contributed by atoms with Gasteiger partial charge in [0.2, 0.25) is 5.91 Å². The lowest BCUT2D eigenvalue weighted by molar-refractivity contribution is -0.121. The van der Waals surface area contributed by atoms with Gasteiger partial charge in [0.25, 0.3) is 0 Å². The monoisotopic (exact) mass is 323 g/mol. The number of carbonyl (C=O) groups is 1. The van der Waals surface area contributed by atoms with E-state index in [2.05, 4.69) is 35.6 Å². The topological polar surface area (TPSA) is 38.3 Å². The van der Waals surface area contributed by atoms with Crippen LogP contribution in [0.15, 0.2) is 54.6 Å². The first-order valence-corrected chi connectivity index (χ1v) is 8.73. The molecule has 1 aliphatic rings. The van der Waals surface area contributed by atoms with E-state index < -0.39 is 0 Å². The molecule has 0 radical (unpaired) electrons. The van der Waals surface area contributed by atoms with Gasteiger partial charge in [-0.05, 0) is 67.9 Å². The molecule has 0 spiro atoms. The number of amides is 1. The van der Waals surface area contributed by atoms with Crippen LogP contribution in [0.2, 0.25) is 0 Å². The molecule has 0 aliphatic heterocycles. The number of methoxy groups -OCH3 is 1. The molecule has 1 amide bonds. The van der Waals surface area contributed by atoms with Crippen LogP contribution in [0.4, 0.5) is 5.69 Å². The highest BCUT2D eigenvalue weighted by Gasteiger charge is 2.26. The van der Waals surface area contributed by atoms with Gasteiger partial charge in [0.05, 0.1) is 7.11 Å². The minimum absolute atomic E-state index is 0.138. The molecule has 2 aromatic rings. The fourth-order valence-electron chi connectivity index (χ4n) is 3.49.